The first-order chi connectivity index (χ1) is 9.24. The second-order valence-electron chi connectivity index (χ2n) is 3.66. The van der Waals surface area contributed by atoms with E-state index in [9.17, 15) is 22.8 Å². The summed E-state index contributed by atoms with van der Waals surface area (Å²) in [5.74, 6) is 2.49. The molecule has 0 unspecified atom stereocenters. The molecule has 1 rings (SSSR count). The topological polar surface area (TPSA) is 63.6 Å². The number of alkyl halides is 3. The predicted octanol–water partition coefficient (Wildman–Crippen LogP) is 2.32. The third-order valence-corrected chi connectivity index (χ3v) is 2.20. The number of benzene rings is 1. The smallest absolute Gasteiger partial charge is 0.416 e. The van der Waals surface area contributed by atoms with Gasteiger partial charge in [-0.1, -0.05) is 11.8 Å². The van der Waals surface area contributed by atoms with Crippen molar-refractivity contribution in [3.63, 3.8) is 0 Å². The lowest BCUT2D eigenvalue weighted by Crippen LogP contribution is -2.08. The molecule has 20 heavy (non-hydrogen) atoms. The van der Waals surface area contributed by atoms with Crippen LogP contribution in [0.1, 0.15) is 27.9 Å². The lowest BCUT2D eigenvalue weighted by atomic mass is 10.1. The zero-order valence-electron chi connectivity index (χ0n) is 10.2. The van der Waals surface area contributed by atoms with Gasteiger partial charge in [0.05, 0.1) is 18.2 Å². The van der Waals surface area contributed by atoms with Gasteiger partial charge in [0.2, 0.25) is 0 Å². The summed E-state index contributed by atoms with van der Waals surface area (Å²) in [6.45, 7) is 0. The van der Waals surface area contributed by atoms with E-state index in [4.69, 9.17) is 5.11 Å². The van der Waals surface area contributed by atoms with E-state index in [-0.39, 0.29) is 12.0 Å². The molecule has 0 aliphatic rings. The van der Waals surface area contributed by atoms with Crippen LogP contribution in [0.25, 0.3) is 0 Å². The molecule has 0 aliphatic carbocycles. The number of carboxylic acid groups (broad SMARTS) is 1. The van der Waals surface area contributed by atoms with E-state index in [1.807, 2.05) is 0 Å². The quantitative estimate of drug-likeness (QED) is 0.669. The van der Waals surface area contributed by atoms with Crippen LogP contribution >= 0.6 is 0 Å². The molecule has 106 valence electrons. The summed E-state index contributed by atoms with van der Waals surface area (Å²) >= 11 is 0. The van der Waals surface area contributed by atoms with Crippen LogP contribution in [0, 0.1) is 11.8 Å². The highest BCUT2D eigenvalue weighted by molar-refractivity contribution is 5.88. The van der Waals surface area contributed by atoms with E-state index in [0.717, 1.165) is 19.2 Å². The lowest BCUT2D eigenvalue weighted by molar-refractivity contribution is -0.139. The van der Waals surface area contributed by atoms with Crippen LogP contribution in [0.5, 0.6) is 0 Å². The molecule has 0 amide bonds. The van der Waals surface area contributed by atoms with Gasteiger partial charge in [-0.25, -0.2) is 4.79 Å². The first-order valence-electron chi connectivity index (χ1n) is 5.25. The Morgan fingerprint density at radius 3 is 2.45 bits per heavy atom. The van der Waals surface area contributed by atoms with Crippen LogP contribution in [0.3, 0.4) is 0 Å². The fraction of sp³-hybridized carbons (Fsp3) is 0.231. The lowest BCUT2D eigenvalue weighted by Gasteiger charge is -2.08. The summed E-state index contributed by atoms with van der Waals surface area (Å²) in [7, 11) is 1.15. The average molecular weight is 286 g/mol. The summed E-state index contributed by atoms with van der Waals surface area (Å²) in [4.78, 5) is 21.6. The maximum atomic E-state index is 12.6. The van der Waals surface area contributed by atoms with Gasteiger partial charge in [-0.3, -0.25) is 4.79 Å². The molecule has 0 fully saturated rings. The number of carbonyl (C=O) groups excluding carboxylic acids is 1. The Hall–Kier alpha value is -2.49. The van der Waals surface area contributed by atoms with E-state index < -0.39 is 29.2 Å². The number of ether oxygens (including phenoxy) is 1. The first kappa shape index (κ1) is 15.6. The number of hydrogen-bond acceptors (Lipinski definition) is 3. The molecular weight excluding hydrogens is 277 g/mol. The van der Waals surface area contributed by atoms with Gasteiger partial charge in [0.25, 0.3) is 0 Å². The van der Waals surface area contributed by atoms with Crippen molar-refractivity contribution in [1.82, 2.24) is 0 Å². The van der Waals surface area contributed by atoms with E-state index in [0.29, 0.717) is 6.07 Å². The van der Waals surface area contributed by atoms with Crippen molar-refractivity contribution in [2.75, 3.05) is 7.11 Å². The maximum Gasteiger partial charge on any atom is 0.416 e. The van der Waals surface area contributed by atoms with Crippen molar-refractivity contribution in [2.24, 2.45) is 0 Å². The number of aromatic carboxylic acids is 1. The Bertz CT molecular complexity index is 594. The molecule has 1 N–H and O–H groups in total. The summed E-state index contributed by atoms with van der Waals surface area (Å²) in [6, 6.07) is 2.24. The van der Waals surface area contributed by atoms with Crippen molar-refractivity contribution in [3.05, 3.63) is 34.9 Å². The zero-order chi connectivity index (χ0) is 15.3. The molecule has 1 aromatic carbocycles. The second kappa shape index (κ2) is 6.10. The third kappa shape index (κ3) is 4.31. The first-order valence-corrected chi connectivity index (χ1v) is 5.25. The highest BCUT2D eigenvalue weighted by Gasteiger charge is 2.31. The average Bonchev–Trinajstić information content (AvgIpc) is 2.37. The minimum Gasteiger partial charge on any atom is -0.478 e. The predicted molar refractivity (Wildman–Crippen MR) is 61.9 cm³/mol. The third-order valence-electron chi connectivity index (χ3n) is 2.20. The van der Waals surface area contributed by atoms with E-state index >= 15 is 0 Å². The normalized spacial score (nSPS) is 10.4. The van der Waals surface area contributed by atoms with E-state index in [1.54, 1.807) is 0 Å². The van der Waals surface area contributed by atoms with Crippen LogP contribution in [-0.2, 0) is 15.7 Å². The van der Waals surface area contributed by atoms with Gasteiger partial charge in [-0.15, -0.1) is 0 Å². The standard InChI is InChI=1S/C13H9F3O4/c1-20-11(17)4-2-3-8-5-9(12(18)19)7-10(6-8)13(14,15)16/h5-7H,4H2,1H3,(H,18,19). The van der Waals surface area contributed by atoms with Gasteiger partial charge in [0.15, 0.2) is 0 Å². The molecule has 0 aromatic heterocycles. The van der Waals surface area contributed by atoms with E-state index in [2.05, 4.69) is 16.6 Å². The molecule has 0 heterocycles. The highest BCUT2D eigenvalue weighted by atomic mass is 19.4. The Labute approximate surface area is 112 Å². The van der Waals surface area contributed by atoms with E-state index in [1.165, 1.54) is 0 Å². The van der Waals surface area contributed by atoms with Crippen molar-refractivity contribution in [1.29, 1.82) is 0 Å². The van der Waals surface area contributed by atoms with Gasteiger partial charge >= 0.3 is 18.1 Å². The molecule has 0 bridgehead atoms. The fourth-order valence-corrected chi connectivity index (χ4v) is 1.28. The van der Waals surface area contributed by atoms with Crippen LogP contribution in [0.2, 0.25) is 0 Å². The number of halogens is 3. The molecule has 0 saturated heterocycles. The SMILES string of the molecule is COC(=O)CC#Cc1cc(C(=O)O)cc(C(F)(F)F)c1. The van der Waals surface area contributed by atoms with Crippen molar-refractivity contribution in [2.45, 2.75) is 12.6 Å². The number of methoxy groups -OCH3 is 1. The number of rotatable bonds is 2. The molecule has 4 nitrogen and oxygen atoms in total. The van der Waals surface area contributed by atoms with Crippen LogP contribution in [0.15, 0.2) is 18.2 Å². The zero-order valence-corrected chi connectivity index (χ0v) is 10.2. The highest BCUT2D eigenvalue weighted by Crippen LogP contribution is 2.30. The Morgan fingerprint density at radius 2 is 1.95 bits per heavy atom. The monoisotopic (exact) mass is 286 g/mol. The molecule has 0 saturated carbocycles. The molecular formula is C13H9F3O4. The van der Waals surface area contributed by atoms with Crippen LogP contribution in [-0.4, -0.2) is 24.2 Å². The Kier molecular flexibility index (Phi) is 4.75. The minimum atomic E-state index is -4.68. The van der Waals surface area contributed by atoms with Crippen LogP contribution in [0.4, 0.5) is 13.2 Å². The summed E-state index contributed by atoms with van der Waals surface area (Å²) in [5.41, 5.74) is -1.77. The van der Waals surface area contributed by atoms with Gasteiger partial charge < -0.3 is 9.84 Å². The molecule has 7 heteroatoms. The number of esters is 1. The molecule has 0 atom stereocenters. The number of hydrogen-bond donors (Lipinski definition) is 1. The van der Waals surface area contributed by atoms with Gasteiger partial charge in [0.1, 0.15) is 6.42 Å². The van der Waals surface area contributed by atoms with Crippen molar-refractivity contribution >= 4 is 11.9 Å². The number of carboxylic acids is 1. The maximum absolute atomic E-state index is 12.6. The second-order valence-corrected chi connectivity index (χ2v) is 3.66. The summed E-state index contributed by atoms with van der Waals surface area (Å²) < 4.78 is 42.1. The van der Waals surface area contributed by atoms with Crippen molar-refractivity contribution < 1.29 is 32.6 Å². The summed E-state index contributed by atoms with van der Waals surface area (Å²) in [5, 5.41) is 8.76. The largest absolute Gasteiger partial charge is 0.478 e. The fourth-order valence-electron chi connectivity index (χ4n) is 1.28. The molecule has 0 radical (unpaired) electrons. The molecule has 0 spiro atoms. The molecule has 1 aromatic rings. The number of carbonyl (C=O) groups is 2. The van der Waals surface area contributed by atoms with Crippen molar-refractivity contribution in [3.8, 4) is 11.8 Å². The molecule has 0 aliphatic heterocycles. The van der Waals surface area contributed by atoms with Gasteiger partial charge in [-0.05, 0) is 18.2 Å². The summed E-state index contributed by atoms with van der Waals surface area (Å²) in [6.07, 6.45) is -4.97. The Morgan fingerprint density at radius 1 is 1.30 bits per heavy atom. The van der Waals surface area contributed by atoms with Gasteiger partial charge in [0, 0.05) is 5.56 Å². The van der Waals surface area contributed by atoms with Gasteiger partial charge in [-0.2, -0.15) is 13.2 Å². The Balaban J connectivity index is 3.16. The van der Waals surface area contributed by atoms with Crippen LogP contribution < -0.4 is 0 Å². The minimum absolute atomic E-state index is 0.138.